The molecule has 2 aromatic carbocycles. The van der Waals surface area contributed by atoms with Crippen LogP contribution in [0, 0.1) is 0 Å². The Morgan fingerprint density at radius 3 is 2.32 bits per heavy atom. The Hall–Kier alpha value is -3.50. The maximum absolute atomic E-state index is 13.2. The van der Waals surface area contributed by atoms with E-state index in [0.29, 0.717) is 24.5 Å². The van der Waals surface area contributed by atoms with Crippen molar-refractivity contribution in [2.45, 2.75) is 38.5 Å². The minimum atomic E-state index is -3.64. The first kappa shape index (κ1) is 25.1. The van der Waals surface area contributed by atoms with Crippen LogP contribution in [0.4, 0.5) is 5.69 Å². The zero-order valence-corrected chi connectivity index (χ0v) is 20.2. The number of sulfonamides is 1. The summed E-state index contributed by atoms with van der Waals surface area (Å²) in [5.74, 6) is -1.10. The number of carboxylic acid groups (broad SMARTS) is 1. The number of H-pyrrole nitrogens is 1. The van der Waals surface area contributed by atoms with Gasteiger partial charge in [-0.2, -0.15) is 4.31 Å². The third kappa shape index (κ3) is 5.18. The van der Waals surface area contributed by atoms with Gasteiger partial charge in [0.2, 0.25) is 10.0 Å². The Labute approximate surface area is 198 Å². The Morgan fingerprint density at radius 2 is 1.74 bits per heavy atom. The van der Waals surface area contributed by atoms with Crippen LogP contribution in [0.25, 0.3) is 5.69 Å². The summed E-state index contributed by atoms with van der Waals surface area (Å²) < 4.78 is 28.0. The molecule has 0 aliphatic heterocycles. The van der Waals surface area contributed by atoms with Gasteiger partial charge in [0.05, 0.1) is 33.9 Å². The van der Waals surface area contributed by atoms with Crippen LogP contribution in [0.15, 0.2) is 63.2 Å². The fourth-order valence-corrected chi connectivity index (χ4v) is 5.10. The second kappa shape index (κ2) is 10.6. The molecule has 1 heterocycles. The summed E-state index contributed by atoms with van der Waals surface area (Å²) in [4.78, 5) is 29.1. The van der Waals surface area contributed by atoms with Crippen LogP contribution < -0.4 is 5.56 Å². The van der Waals surface area contributed by atoms with E-state index in [1.54, 1.807) is 13.8 Å². The molecule has 0 atom stereocenters. The van der Waals surface area contributed by atoms with E-state index in [4.69, 9.17) is 0 Å². The number of para-hydroxylation sites is 1. The van der Waals surface area contributed by atoms with E-state index in [1.807, 2.05) is 31.2 Å². The first-order valence-electron chi connectivity index (χ1n) is 11.0. The zero-order chi connectivity index (χ0) is 24.9. The Bertz CT molecular complexity index is 1350. The number of nitrogens with zero attached hydrogens (tertiary/aromatic N) is 3. The molecular formula is C24H28N4O5S. The minimum Gasteiger partial charge on any atom is -0.481 e. The number of hydrogen-bond donors (Lipinski definition) is 2. The van der Waals surface area contributed by atoms with Gasteiger partial charge in [-0.15, -0.1) is 0 Å². The third-order valence-corrected chi connectivity index (χ3v) is 7.54. The van der Waals surface area contributed by atoms with Gasteiger partial charge in [0.1, 0.15) is 0 Å². The highest BCUT2D eigenvalue weighted by Crippen LogP contribution is 2.20. The number of aryl methyl sites for hydroxylation is 1. The summed E-state index contributed by atoms with van der Waals surface area (Å²) in [6, 6.07) is 13.4. The summed E-state index contributed by atoms with van der Waals surface area (Å²) in [7, 11) is -3.64. The largest absolute Gasteiger partial charge is 0.481 e. The van der Waals surface area contributed by atoms with Gasteiger partial charge in [-0.3, -0.25) is 19.7 Å². The molecule has 34 heavy (non-hydrogen) atoms. The van der Waals surface area contributed by atoms with Crippen molar-refractivity contribution in [2.75, 3.05) is 13.1 Å². The lowest BCUT2D eigenvalue weighted by Gasteiger charge is -2.18. The number of aromatic nitrogens is 2. The SMILES string of the molecule is CCc1ccccc1N=Cc1c(CC(=O)O)[nH]n(-c2ccc(S(=O)(=O)N(CC)CC)cc2)c1=O. The number of aromatic amines is 1. The first-order chi connectivity index (χ1) is 16.2. The molecule has 0 unspecified atom stereocenters. The third-order valence-electron chi connectivity index (χ3n) is 5.48. The number of benzene rings is 2. The lowest BCUT2D eigenvalue weighted by Crippen LogP contribution is -2.30. The van der Waals surface area contributed by atoms with Crippen molar-refractivity contribution in [1.29, 1.82) is 0 Å². The molecule has 0 saturated carbocycles. The Kier molecular flexibility index (Phi) is 7.85. The van der Waals surface area contributed by atoms with Gasteiger partial charge >= 0.3 is 5.97 Å². The molecule has 180 valence electrons. The zero-order valence-electron chi connectivity index (χ0n) is 19.4. The molecule has 2 N–H and O–H groups in total. The molecule has 10 heteroatoms. The Morgan fingerprint density at radius 1 is 1.09 bits per heavy atom. The topological polar surface area (TPSA) is 125 Å². The van der Waals surface area contributed by atoms with Crippen LogP contribution in [0.3, 0.4) is 0 Å². The normalized spacial score (nSPS) is 12.0. The van der Waals surface area contributed by atoms with Crippen LogP contribution in [0.5, 0.6) is 0 Å². The molecule has 3 aromatic rings. The summed E-state index contributed by atoms with van der Waals surface area (Å²) in [6.07, 6.45) is 1.74. The van der Waals surface area contributed by atoms with Crippen molar-refractivity contribution in [3.05, 3.63) is 75.7 Å². The smallest absolute Gasteiger partial charge is 0.309 e. The predicted molar refractivity (Wildman–Crippen MR) is 131 cm³/mol. The van der Waals surface area contributed by atoms with Gasteiger partial charge in [0.25, 0.3) is 5.56 Å². The average molecular weight is 485 g/mol. The molecule has 0 aliphatic carbocycles. The van der Waals surface area contributed by atoms with Crippen molar-refractivity contribution >= 4 is 27.9 Å². The van der Waals surface area contributed by atoms with E-state index in [2.05, 4.69) is 10.1 Å². The highest BCUT2D eigenvalue weighted by atomic mass is 32.2. The van der Waals surface area contributed by atoms with Gasteiger partial charge in [-0.1, -0.05) is 39.0 Å². The number of carboxylic acids is 1. The fraction of sp³-hybridized carbons (Fsp3) is 0.292. The molecule has 0 bridgehead atoms. The number of carbonyl (C=O) groups is 1. The van der Waals surface area contributed by atoms with E-state index in [0.717, 1.165) is 12.0 Å². The van der Waals surface area contributed by atoms with Crippen LogP contribution in [-0.2, 0) is 27.7 Å². The summed E-state index contributed by atoms with van der Waals surface area (Å²) in [6.45, 7) is 6.22. The second-order valence-electron chi connectivity index (χ2n) is 7.54. The molecule has 0 radical (unpaired) electrons. The standard InChI is InChI=1S/C24H28N4O5S/c1-4-17-9-7-8-10-21(17)25-16-20-22(15-23(29)30)26-28(24(20)31)18-11-13-19(14-12-18)34(32,33)27(5-2)6-3/h7-14,16,26H,4-6,15H2,1-3H3,(H,29,30). The minimum absolute atomic E-state index is 0.114. The number of rotatable bonds is 10. The van der Waals surface area contributed by atoms with Gasteiger partial charge < -0.3 is 5.11 Å². The lowest BCUT2D eigenvalue weighted by molar-refractivity contribution is -0.136. The van der Waals surface area contributed by atoms with Crippen molar-refractivity contribution < 1.29 is 18.3 Å². The van der Waals surface area contributed by atoms with Crippen molar-refractivity contribution in [1.82, 2.24) is 14.1 Å². The van der Waals surface area contributed by atoms with Crippen molar-refractivity contribution in [2.24, 2.45) is 4.99 Å². The van der Waals surface area contributed by atoms with Gasteiger partial charge in [-0.25, -0.2) is 13.1 Å². The van der Waals surface area contributed by atoms with Crippen molar-refractivity contribution in [3.63, 3.8) is 0 Å². The van der Waals surface area contributed by atoms with Crippen LogP contribution in [-0.4, -0.2) is 52.9 Å². The number of aliphatic imine (C=N–C) groups is 1. The highest BCUT2D eigenvalue weighted by molar-refractivity contribution is 7.89. The van der Waals surface area contributed by atoms with Gasteiger partial charge in [0, 0.05) is 19.3 Å². The van der Waals surface area contributed by atoms with Crippen LogP contribution in [0.2, 0.25) is 0 Å². The molecule has 1 aromatic heterocycles. The summed E-state index contributed by atoms with van der Waals surface area (Å²) in [5, 5.41) is 12.1. The van der Waals surface area contributed by atoms with Crippen molar-refractivity contribution in [3.8, 4) is 5.69 Å². The molecule has 0 amide bonds. The summed E-state index contributed by atoms with van der Waals surface area (Å²) >= 11 is 0. The Balaban J connectivity index is 2.03. The van der Waals surface area contributed by atoms with Crippen LogP contribution >= 0.6 is 0 Å². The molecule has 0 aliphatic rings. The van der Waals surface area contributed by atoms with E-state index in [-0.39, 0.29) is 16.2 Å². The lowest BCUT2D eigenvalue weighted by atomic mass is 10.1. The van der Waals surface area contributed by atoms with Crippen LogP contribution in [0.1, 0.15) is 37.6 Å². The predicted octanol–water partition coefficient (Wildman–Crippen LogP) is 3.14. The van der Waals surface area contributed by atoms with E-state index >= 15 is 0 Å². The maximum Gasteiger partial charge on any atom is 0.309 e. The van der Waals surface area contributed by atoms with Gasteiger partial charge in [0.15, 0.2) is 0 Å². The maximum atomic E-state index is 13.2. The van der Waals surface area contributed by atoms with E-state index in [9.17, 15) is 23.1 Å². The highest BCUT2D eigenvalue weighted by Gasteiger charge is 2.22. The molecule has 0 spiro atoms. The quantitative estimate of drug-likeness (QED) is 0.428. The first-order valence-corrected chi connectivity index (χ1v) is 12.4. The fourth-order valence-electron chi connectivity index (χ4n) is 3.65. The molecule has 9 nitrogen and oxygen atoms in total. The molecular weight excluding hydrogens is 456 g/mol. The second-order valence-corrected chi connectivity index (χ2v) is 9.48. The van der Waals surface area contributed by atoms with E-state index in [1.165, 1.54) is 39.5 Å². The number of nitrogens with one attached hydrogen (secondary N) is 1. The summed E-state index contributed by atoms with van der Waals surface area (Å²) in [5.41, 5.74) is 1.93. The van der Waals surface area contributed by atoms with Gasteiger partial charge in [-0.05, 0) is 42.3 Å². The molecule has 0 fully saturated rings. The molecule has 0 saturated heterocycles. The van der Waals surface area contributed by atoms with E-state index < -0.39 is 28.0 Å². The number of hydrogen-bond acceptors (Lipinski definition) is 5. The number of aliphatic carboxylic acids is 1. The monoisotopic (exact) mass is 484 g/mol. The molecule has 3 rings (SSSR count). The average Bonchev–Trinajstić information content (AvgIpc) is 3.12.